The van der Waals surface area contributed by atoms with Gasteiger partial charge in [-0.25, -0.2) is 0 Å². The Morgan fingerprint density at radius 2 is 0.950 bits per heavy atom. The average molecular weight is 521 g/mol. The van der Waals surface area contributed by atoms with Crippen LogP contribution >= 0.6 is 0 Å². The summed E-state index contributed by atoms with van der Waals surface area (Å²) < 4.78 is 121. The highest BCUT2D eigenvalue weighted by molar-refractivity contribution is 6.22. The Labute approximate surface area is 253 Å². The molecule has 0 aromatic heterocycles. The maximum absolute atomic E-state index is 9.34. The summed E-state index contributed by atoms with van der Waals surface area (Å²) in [6.07, 6.45) is 0. The van der Waals surface area contributed by atoms with Crippen LogP contribution in [0.2, 0.25) is 0 Å². The van der Waals surface area contributed by atoms with Gasteiger partial charge in [0.2, 0.25) is 0 Å². The van der Waals surface area contributed by atoms with E-state index in [2.05, 4.69) is 0 Å². The lowest BCUT2D eigenvalue weighted by molar-refractivity contribution is 1.63. The van der Waals surface area contributed by atoms with Crippen LogP contribution in [-0.2, 0) is 0 Å². The molecule has 0 aliphatic rings. The van der Waals surface area contributed by atoms with Crippen molar-refractivity contribution in [1.82, 2.24) is 0 Å². The molecule has 0 bridgehead atoms. The predicted molar refractivity (Wildman–Crippen MR) is 173 cm³/mol. The van der Waals surface area contributed by atoms with Gasteiger partial charge in [0.05, 0.1) is 19.2 Å². The molecule has 0 saturated heterocycles. The molecule has 0 N–H and O–H groups in total. The highest BCUT2D eigenvalue weighted by Gasteiger charge is 2.17. The predicted octanol–water partition coefficient (Wildman–Crippen LogP) is 11.3. The standard InChI is InChI=1S/C40H26/c1-2-13-29-25-32(24-23-27(29)11-1)40-37-20-7-5-18-35(37)39(36-19-6-8-21-38(36)40)31-16-9-15-30(26-31)34-22-10-14-28-12-3-4-17-33(28)34/h1-26H/i1D,2D,3D,4D,10D,11D,12D,13D,14D,17D,22D,23D,24D,25D. The van der Waals surface area contributed by atoms with E-state index in [-0.39, 0.29) is 50.8 Å². The minimum Gasteiger partial charge on any atom is -0.0616 e. The Hall–Kier alpha value is -5.20. The van der Waals surface area contributed by atoms with Gasteiger partial charge in [0.25, 0.3) is 0 Å². The van der Waals surface area contributed by atoms with Crippen molar-refractivity contribution < 1.29 is 19.2 Å². The number of rotatable bonds is 3. The van der Waals surface area contributed by atoms with Crippen LogP contribution < -0.4 is 0 Å². The van der Waals surface area contributed by atoms with Crippen LogP contribution in [0.3, 0.4) is 0 Å². The quantitative estimate of drug-likeness (QED) is 0.203. The molecule has 186 valence electrons. The summed E-state index contributed by atoms with van der Waals surface area (Å²) in [5.41, 5.74) is 2.34. The second-order valence-corrected chi connectivity index (χ2v) is 9.42. The number of hydrogen-bond donors (Lipinski definition) is 0. The van der Waals surface area contributed by atoms with Crippen molar-refractivity contribution >= 4 is 43.1 Å². The SMILES string of the molecule is [2H]c1c([2H])c([2H])c2c([2H])c(-c3c4ccccc4c(-c4cccc(-c5c([2H])c([2H])c([2H])c6c([2H])c([2H])c([2H])c([2H])c56)c4)c4ccccc34)c([2H])c([2H])c2c1[2H]. The molecule has 0 spiro atoms. The van der Waals surface area contributed by atoms with Crippen molar-refractivity contribution in [2.45, 2.75) is 0 Å². The first kappa shape index (κ1) is 12.8. The fourth-order valence-electron chi connectivity index (χ4n) is 5.47. The average Bonchev–Trinajstić information content (AvgIpc) is 3.17. The number of hydrogen-bond acceptors (Lipinski definition) is 0. The van der Waals surface area contributed by atoms with Gasteiger partial charge in [-0.2, -0.15) is 0 Å². The Balaban J connectivity index is 1.48. The molecular formula is C40H26. The highest BCUT2D eigenvalue weighted by Crippen LogP contribution is 2.44. The van der Waals surface area contributed by atoms with Gasteiger partial charge in [-0.05, 0) is 88.6 Å². The van der Waals surface area contributed by atoms with Crippen LogP contribution in [0.1, 0.15) is 19.2 Å². The molecule has 0 saturated carbocycles. The molecule has 8 aromatic carbocycles. The van der Waals surface area contributed by atoms with Crippen molar-refractivity contribution in [3.05, 3.63) is 157 Å². The monoisotopic (exact) mass is 520 g/mol. The largest absolute Gasteiger partial charge is 0.0636 e. The van der Waals surface area contributed by atoms with Gasteiger partial charge < -0.3 is 0 Å². The van der Waals surface area contributed by atoms with Crippen LogP contribution in [0, 0.1) is 0 Å². The van der Waals surface area contributed by atoms with Crippen LogP contribution in [-0.4, -0.2) is 0 Å². The molecule has 0 fully saturated rings. The number of fused-ring (bicyclic) bond motifs is 4. The van der Waals surface area contributed by atoms with Gasteiger partial charge >= 0.3 is 0 Å². The first-order valence-corrected chi connectivity index (χ1v) is 12.7. The fraction of sp³-hybridized carbons (Fsp3) is 0. The van der Waals surface area contributed by atoms with Crippen molar-refractivity contribution in [2.24, 2.45) is 0 Å². The molecule has 0 unspecified atom stereocenters. The molecule has 0 aliphatic carbocycles. The molecule has 0 nitrogen and oxygen atoms in total. The van der Waals surface area contributed by atoms with E-state index in [0.717, 1.165) is 5.56 Å². The molecule has 0 heterocycles. The van der Waals surface area contributed by atoms with E-state index in [9.17, 15) is 1.37 Å². The Morgan fingerprint density at radius 1 is 0.375 bits per heavy atom. The van der Waals surface area contributed by atoms with Crippen molar-refractivity contribution in [2.75, 3.05) is 0 Å². The van der Waals surface area contributed by atoms with E-state index in [1.807, 2.05) is 42.5 Å². The molecule has 0 radical (unpaired) electrons. The molecule has 0 atom stereocenters. The topological polar surface area (TPSA) is 0 Å². The maximum Gasteiger partial charge on any atom is 0.0636 e. The lowest BCUT2D eigenvalue weighted by atomic mass is 9.85. The van der Waals surface area contributed by atoms with Gasteiger partial charge in [0, 0.05) is 0 Å². The van der Waals surface area contributed by atoms with Gasteiger partial charge in [-0.15, -0.1) is 0 Å². The van der Waals surface area contributed by atoms with E-state index in [0.29, 0.717) is 38.2 Å². The smallest absolute Gasteiger partial charge is 0.0616 e. The summed E-state index contributed by atoms with van der Waals surface area (Å²) in [5.74, 6) is 0. The minimum atomic E-state index is -0.546. The first-order valence-electron chi connectivity index (χ1n) is 19.7. The summed E-state index contributed by atoms with van der Waals surface area (Å²) >= 11 is 0. The van der Waals surface area contributed by atoms with E-state index < -0.39 is 66.5 Å². The molecule has 8 aromatic rings. The number of benzene rings is 8. The lowest BCUT2D eigenvalue weighted by Gasteiger charge is -2.18. The molecule has 0 aliphatic heterocycles. The maximum atomic E-state index is 9.34. The molecule has 0 heteroatoms. The van der Waals surface area contributed by atoms with Gasteiger partial charge in [0.1, 0.15) is 0 Å². The van der Waals surface area contributed by atoms with Crippen LogP contribution in [0.15, 0.2) is 157 Å². The van der Waals surface area contributed by atoms with Crippen molar-refractivity contribution in [3.8, 4) is 33.4 Å². The summed E-state index contributed by atoms with van der Waals surface area (Å²) in [7, 11) is 0. The second-order valence-electron chi connectivity index (χ2n) is 9.42. The minimum absolute atomic E-state index is 0.0272. The van der Waals surface area contributed by atoms with E-state index in [1.54, 1.807) is 30.3 Å². The molecule has 0 amide bonds. The normalized spacial score (nSPS) is 16.4. The third kappa shape index (κ3) is 3.61. The second kappa shape index (κ2) is 9.22. The van der Waals surface area contributed by atoms with Gasteiger partial charge in [0.15, 0.2) is 0 Å². The molecule has 40 heavy (non-hydrogen) atoms. The third-order valence-corrected chi connectivity index (χ3v) is 7.18. The third-order valence-electron chi connectivity index (χ3n) is 7.18. The van der Waals surface area contributed by atoms with Crippen molar-refractivity contribution in [1.29, 1.82) is 0 Å². The summed E-state index contributed by atoms with van der Waals surface area (Å²) in [6, 6.07) is 15.4. The van der Waals surface area contributed by atoms with Crippen LogP contribution in [0.25, 0.3) is 76.5 Å². The van der Waals surface area contributed by atoms with Gasteiger partial charge in [-0.3, -0.25) is 0 Å². The van der Waals surface area contributed by atoms with Crippen LogP contribution in [0.4, 0.5) is 0 Å². The summed E-state index contributed by atoms with van der Waals surface area (Å²) in [6.45, 7) is 0. The highest BCUT2D eigenvalue weighted by atomic mass is 14.2. The van der Waals surface area contributed by atoms with E-state index in [1.165, 1.54) is 0 Å². The van der Waals surface area contributed by atoms with Crippen LogP contribution in [0.5, 0.6) is 0 Å². The van der Waals surface area contributed by atoms with E-state index >= 15 is 0 Å². The zero-order valence-electron chi connectivity index (χ0n) is 34.9. The fourth-order valence-corrected chi connectivity index (χ4v) is 5.47. The summed E-state index contributed by atoms with van der Waals surface area (Å²) in [5, 5.41) is 2.06. The molecule has 8 rings (SSSR count). The van der Waals surface area contributed by atoms with Gasteiger partial charge in [-0.1, -0.05) is 145 Å². The van der Waals surface area contributed by atoms with Crippen molar-refractivity contribution in [3.63, 3.8) is 0 Å². The Kier molecular flexibility index (Phi) is 2.94. The van der Waals surface area contributed by atoms with E-state index in [4.69, 9.17) is 17.8 Å². The molecular weight excluding hydrogens is 480 g/mol. The summed E-state index contributed by atoms with van der Waals surface area (Å²) in [4.78, 5) is 0. The Bertz CT molecular complexity index is 2920. The first-order chi connectivity index (χ1) is 25.7. The lowest BCUT2D eigenvalue weighted by Crippen LogP contribution is -1.91. The Morgan fingerprint density at radius 3 is 1.68 bits per heavy atom. The zero-order chi connectivity index (χ0) is 38.7. The zero-order valence-corrected chi connectivity index (χ0v) is 20.9.